The van der Waals surface area contributed by atoms with Gasteiger partial charge in [-0.1, -0.05) is 26.0 Å². The van der Waals surface area contributed by atoms with Crippen LogP contribution < -0.4 is 0 Å². The second kappa shape index (κ2) is 7.04. The third-order valence-corrected chi connectivity index (χ3v) is 3.13. The molecule has 1 N–H and O–H groups in total. The van der Waals surface area contributed by atoms with E-state index in [1.54, 1.807) is 12.5 Å². The fraction of sp³-hybridized carbons (Fsp3) is 0.375. The smallest absolute Gasteiger partial charge is 0.317 e. The summed E-state index contributed by atoms with van der Waals surface area (Å²) in [5, 5.41) is 8.99. The van der Waals surface area contributed by atoms with Gasteiger partial charge >= 0.3 is 5.97 Å². The average molecular weight is 287 g/mol. The van der Waals surface area contributed by atoms with Crippen molar-refractivity contribution in [1.82, 2.24) is 14.5 Å². The van der Waals surface area contributed by atoms with Gasteiger partial charge in [-0.15, -0.1) is 0 Å². The molecule has 5 nitrogen and oxygen atoms in total. The van der Waals surface area contributed by atoms with Gasteiger partial charge in [-0.05, 0) is 23.6 Å². The van der Waals surface area contributed by atoms with Crippen molar-refractivity contribution in [3.05, 3.63) is 48.5 Å². The summed E-state index contributed by atoms with van der Waals surface area (Å²) in [6.07, 6.45) is 5.39. The van der Waals surface area contributed by atoms with Crippen LogP contribution in [0.2, 0.25) is 0 Å². The van der Waals surface area contributed by atoms with Gasteiger partial charge in [-0.2, -0.15) is 0 Å². The van der Waals surface area contributed by atoms with Gasteiger partial charge in [0.1, 0.15) is 0 Å². The van der Waals surface area contributed by atoms with Crippen LogP contribution in [0.5, 0.6) is 0 Å². The Bertz CT molecular complexity index is 562. The first-order valence-electron chi connectivity index (χ1n) is 7.06. The van der Waals surface area contributed by atoms with E-state index in [0.29, 0.717) is 12.5 Å². The molecule has 0 atom stereocenters. The number of aliphatic carboxylic acids is 1. The highest BCUT2D eigenvalue weighted by molar-refractivity contribution is 5.69. The quantitative estimate of drug-likeness (QED) is 0.849. The molecule has 0 saturated carbocycles. The number of hydrogen-bond donors (Lipinski definition) is 1. The zero-order valence-corrected chi connectivity index (χ0v) is 12.4. The van der Waals surface area contributed by atoms with E-state index in [1.165, 1.54) is 0 Å². The Hall–Kier alpha value is -2.14. The van der Waals surface area contributed by atoms with Gasteiger partial charge in [0.05, 0.1) is 12.9 Å². The van der Waals surface area contributed by atoms with Gasteiger partial charge in [-0.3, -0.25) is 9.69 Å². The molecular formula is C16H21N3O2. The predicted molar refractivity (Wildman–Crippen MR) is 81.3 cm³/mol. The molecule has 21 heavy (non-hydrogen) atoms. The van der Waals surface area contributed by atoms with Crippen LogP contribution in [0.25, 0.3) is 5.69 Å². The number of imidazole rings is 1. The Balaban J connectivity index is 2.04. The largest absolute Gasteiger partial charge is 0.480 e. The summed E-state index contributed by atoms with van der Waals surface area (Å²) in [7, 11) is 0. The molecule has 2 aromatic rings. The van der Waals surface area contributed by atoms with Crippen molar-refractivity contribution >= 4 is 5.97 Å². The van der Waals surface area contributed by atoms with Crippen molar-refractivity contribution in [3.8, 4) is 5.69 Å². The SMILES string of the molecule is CC(C)CN(CC(=O)O)Cc1ccc(-n2ccnc2)cc1. The van der Waals surface area contributed by atoms with Crippen LogP contribution in [0.15, 0.2) is 43.0 Å². The number of benzene rings is 1. The highest BCUT2D eigenvalue weighted by Crippen LogP contribution is 2.12. The second-order valence-electron chi connectivity index (χ2n) is 5.59. The number of nitrogens with zero attached hydrogens (tertiary/aromatic N) is 3. The van der Waals surface area contributed by atoms with Crippen LogP contribution in [-0.4, -0.2) is 38.6 Å². The third kappa shape index (κ3) is 4.72. The predicted octanol–water partition coefficient (Wildman–Crippen LogP) is 2.41. The van der Waals surface area contributed by atoms with E-state index in [0.717, 1.165) is 17.8 Å². The van der Waals surface area contributed by atoms with Crippen molar-refractivity contribution in [1.29, 1.82) is 0 Å². The van der Waals surface area contributed by atoms with Crippen molar-refractivity contribution in [2.45, 2.75) is 20.4 Å². The molecule has 1 heterocycles. The summed E-state index contributed by atoms with van der Waals surface area (Å²) in [5.74, 6) is -0.347. The minimum absolute atomic E-state index is 0.0709. The van der Waals surface area contributed by atoms with Crippen molar-refractivity contribution < 1.29 is 9.90 Å². The zero-order chi connectivity index (χ0) is 15.2. The van der Waals surface area contributed by atoms with E-state index in [4.69, 9.17) is 5.11 Å². The molecule has 2 rings (SSSR count). The van der Waals surface area contributed by atoms with Gasteiger partial charge in [0.2, 0.25) is 0 Å². The van der Waals surface area contributed by atoms with Crippen LogP contribution in [0.3, 0.4) is 0 Å². The van der Waals surface area contributed by atoms with E-state index in [2.05, 4.69) is 18.8 Å². The van der Waals surface area contributed by atoms with Crippen LogP contribution in [0.1, 0.15) is 19.4 Å². The molecule has 5 heteroatoms. The van der Waals surface area contributed by atoms with Gasteiger partial charge in [0.15, 0.2) is 0 Å². The standard InChI is InChI=1S/C16H21N3O2/c1-13(2)9-18(11-16(20)21)10-14-3-5-15(6-4-14)19-8-7-17-12-19/h3-8,12-13H,9-11H2,1-2H3,(H,20,21). The first-order chi connectivity index (χ1) is 10.0. The second-order valence-corrected chi connectivity index (χ2v) is 5.59. The molecule has 0 aliphatic rings. The number of aromatic nitrogens is 2. The molecule has 0 saturated heterocycles. The summed E-state index contributed by atoms with van der Waals surface area (Å²) in [6, 6.07) is 8.10. The number of carboxylic acid groups (broad SMARTS) is 1. The molecule has 0 aliphatic carbocycles. The first-order valence-corrected chi connectivity index (χ1v) is 7.06. The highest BCUT2D eigenvalue weighted by atomic mass is 16.4. The van der Waals surface area contributed by atoms with Crippen molar-refractivity contribution in [3.63, 3.8) is 0 Å². The number of hydrogen-bond acceptors (Lipinski definition) is 3. The van der Waals surface area contributed by atoms with E-state index in [1.807, 2.05) is 39.9 Å². The van der Waals surface area contributed by atoms with E-state index >= 15 is 0 Å². The van der Waals surface area contributed by atoms with Crippen molar-refractivity contribution in [2.24, 2.45) is 5.92 Å². The summed E-state index contributed by atoms with van der Waals surface area (Å²) >= 11 is 0. The lowest BCUT2D eigenvalue weighted by atomic mass is 10.1. The highest BCUT2D eigenvalue weighted by Gasteiger charge is 2.12. The fourth-order valence-corrected chi connectivity index (χ4v) is 2.34. The summed E-state index contributed by atoms with van der Waals surface area (Å²) < 4.78 is 1.94. The lowest BCUT2D eigenvalue weighted by Gasteiger charge is -2.22. The maximum Gasteiger partial charge on any atom is 0.317 e. The Labute approximate surface area is 124 Å². The molecule has 0 fully saturated rings. The van der Waals surface area contributed by atoms with Gasteiger partial charge in [0, 0.05) is 31.2 Å². The Kier molecular flexibility index (Phi) is 5.11. The zero-order valence-electron chi connectivity index (χ0n) is 12.4. The summed E-state index contributed by atoms with van der Waals surface area (Å²) in [4.78, 5) is 16.9. The molecule has 0 spiro atoms. The number of carboxylic acids is 1. The summed E-state index contributed by atoms with van der Waals surface area (Å²) in [5.41, 5.74) is 2.16. The van der Waals surface area contributed by atoms with Gasteiger partial charge < -0.3 is 9.67 Å². The molecule has 0 radical (unpaired) electrons. The first kappa shape index (κ1) is 15.3. The maximum atomic E-state index is 10.9. The molecule has 0 amide bonds. The summed E-state index contributed by atoms with van der Waals surface area (Å²) in [6.45, 7) is 5.68. The molecule has 112 valence electrons. The Morgan fingerprint density at radius 1 is 1.33 bits per heavy atom. The monoisotopic (exact) mass is 287 g/mol. The van der Waals surface area contributed by atoms with Crippen LogP contribution >= 0.6 is 0 Å². The van der Waals surface area contributed by atoms with Crippen LogP contribution in [0, 0.1) is 5.92 Å². The van der Waals surface area contributed by atoms with E-state index in [9.17, 15) is 4.79 Å². The lowest BCUT2D eigenvalue weighted by Crippen LogP contribution is -2.32. The average Bonchev–Trinajstić information content (AvgIpc) is 2.91. The Morgan fingerprint density at radius 2 is 2.05 bits per heavy atom. The lowest BCUT2D eigenvalue weighted by molar-refractivity contribution is -0.138. The maximum absolute atomic E-state index is 10.9. The topological polar surface area (TPSA) is 58.4 Å². The fourth-order valence-electron chi connectivity index (χ4n) is 2.34. The minimum Gasteiger partial charge on any atom is -0.480 e. The Morgan fingerprint density at radius 3 is 2.57 bits per heavy atom. The van der Waals surface area contributed by atoms with Gasteiger partial charge in [0.25, 0.3) is 0 Å². The van der Waals surface area contributed by atoms with Gasteiger partial charge in [-0.25, -0.2) is 4.98 Å². The molecule has 1 aromatic heterocycles. The third-order valence-electron chi connectivity index (χ3n) is 3.13. The normalized spacial score (nSPS) is 11.2. The molecule has 0 unspecified atom stereocenters. The molecule has 0 aliphatic heterocycles. The molecule has 0 bridgehead atoms. The van der Waals surface area contributed by atoms with Crippen LogP contribution in [-0.2, 0) is 11.3 Å². The molecular weight excluding hydrogens is 266 g/mol. The molecule has 1 aromatic carbocycles. The van der Waals surface area contributed by atoms with Crippen LogP contribution in [0.4, 0.5) is 0 Å². The van der Waals surface area contributed by atoms with E-state index in [-0.39, 0.29) is 6.54 Å². The van der Waals surface area contributed by atoms with Crippen molar-refractivity contribution in [2.75, 3.05) is 13.1 Å². The van der Waals surface area contributed by atoms with E-state index < -0.39 is 5.97 Å². The minimum atomic E-state index is -0.786. The number of rotatable bonds is 7. The number of carbonyl (C=O) groups is 1.